The lowest BCUT2D eigenvalue weighted by Gasteiger charge is -2.11. The zero-order chi connectivity index (χ0) is 18.6. The number of rotatable bonds is 5. The van der Waals surface area contributed by atoms with Crippen LogP contribution in [-0.2, 0) is 11.3 Å². The lowest BCUT2D eigenvalue weighted by atomic mass is 10.0. The molecule has 0 bridgehead atoms. The van der Waals surface area contributed by atoms with Gasteiger partial charge in [0.25, 0.3) is 0 Å². The first-order chi connectivity index (χ1) is 13.2. The molecule has 0 aliphatic carbocycles. The van der Waals surface area contributed by atoms with E-state index in [0.717, 1.165) is 28.1 Å². The van der Waals surface area contributed by atoms with Crippen LogP contribution in [0.5, 0.6) is 0 Å². The SMILES string of the molecule is O=C(O)Cn1c(-c2ccccc2)nc(-c2ccccc2)c1-c1ccccc1. The Labute approximate surface area is 157 Å². The molecule has 0 unspecified atom stereocenters. The topological polar surface area (TPSA) is 55.1 Å². The summed E-state index contributed by atoms with van der Waals surface area (Å²) >= 11 is 0. The fraction of sp³-hybridized carbons (Fsp3) is 0.0435. The molecule has 0 spiro atoms. The molecule has 4 aromatic rings. The van der Waals surface area contributed by atoms with E-state index < -0.39 is 5.97 Å². The molecule has 1 N–H and O–H groups in total. The Hall–Kier alpha value is -3.66. The van der Waals surface area contributed by atoms with E-state index in [1.807, 2.05) is 91.0 Å². The van der Waals surface area contributed by atoms with Crippen LogP contribution in [0, 0.1) is 0 Å². The Morgan fingerprint density at radius 2 is 1.22 bits per heavy atom. The van der Waals surface area contributed by atoms with Crippen molar-refractivity contribution in [3.05, 3.63) is 91.0 Å². The summed E-state index contributed by atoms with van der Waals surface area (Å²) in [5, 5.41) is 9.54. The van der Waals surface area contributed by atoms with Crippen LogP contribution in [0.3, 0.4) is 0 Å². The van der Waals surface area contributed by atoms with Crippen LogP contribution < -0.4 is 0 Å². The van der Waals surface area contributed by atoms with Gasteiger partial charge in [0.2, 0.25) is 0 Å². The van der Waals surface area contributed by atoms with Crippen LogP contribution in [-0.4, -0.2) is 20.6 Å². The lowest BCUT2D eigenvalue weighted by molar-refractivity contribution is -0.137. The molecule has 0 saturated carbocycles. The minimum absolute atomic E-state index is 0.158. The number of imidazole rings is 1. The van der Waals surface area contributed by atoms with Gasteiger partial charge in [0, 0.05) is 16.7 Å². The Morgan fingerprint density at radius 1 is 0.741 bits per heavy atom. The van der Waals surface area contributed by atoms with Gasteiger partial charge in [-0.15, -0.1) is 0 Å². The van der Waals surface area contributed by atoms with Crippen LogP contribution in [0.2, 0.25) is 0 Å². The van der Waals surface area contributed by atoms with Gasteiger partial charge in [-0.25, -0.2) is 4.98 Å². The van der Waals surface area contributed by atoms with E-state index in [1.54, 1.807) is 4.57 Å². The number of carboxylic acid groups (broad SMARTS) is 1. The van der Waals surface area contributed by atoms with Crippen LogP contribution in [0.4, 0.5) is 0 Å². The summed E-state index contributed by atoms with van der Waals surface area (Å²) in [6.45, 7) is -0.158. The predicted molar refractivity (Wildman–Crippen MR) is 106 cm³/mol. The predicted octanol–water partition coefficient (Wildman–Crippen LogP) is 4.97. The summed E-state index contributed by atoms with van der Waals surface area (Å²) in [6.07, 6.45) is 0. The normalized spacial score (nSPS) is 10.7. The highest BCUT2D eigenvalue weighted by molar-refractivity contribution is 5.83. The van der Waals surface area contributed by atoms with Crippen molar-refractivity contribution in [2.24, 2.45) is 0 Å². The maximum Gasteiger partial charge on any atom is 0.323 e. The van der Waals surface area contributed by atoms with E-state index >= 15 is 0 Å². The molecule has 4 heteroatoms. The molecule has 1 heterocycles. The standard InChI is InChI=1S/C23H18N2O2/c26-20(27)16-25-22(18-12-6-2-7-13-18)21(17-10-4-1-5-11-17)24-23(25)19-14-8-3-9-15-19/h1-15H,16H2,(H,26,27). The smallest absolute Gasteiger partial charge is 0.323 e. The molecule has 0 saturated heterocycles. The molecule has 27 heavy (non-hydrogen) atoms. The molecular formula is C23H18N2O2. The van der Waals surface area contributed by atoms with E-state index in [1.165, 1.54) is 0 Å². The van der Waals surface area contributed by atoms with Crippen LogP contribution in [0.1, 0.15) is 0 Å². The Balaban J connectivity index is 2.04. The van der Waals surface area contributed by atoms with Crippen molar-refractivity contribution in [2.75, 3.05) is 0 Å². The number of nitrogens with zero attached hydrogens (tertiary/aromatic N) is 2. The third-order valence-electron chi connectivity index (χ3n) is 4.39. The molecule has 0 amide bonds. The number of aromatic nitrogens is 2. The Bertz CT molecular complexity index is 1060. The molecule has 0 atom stereocenters. The highest BCUT2D eigenvalue weighted by atomic mass is 16.4. The van der Waals surface area contributed by atoms with Gasteiger partial charge in [-0.1, -0.05) is 91.0 Å². The maximum atomic E-state index is 11.6. The minimum atomic E-state index is -0.902. The van der Waals surface area contributed by atoms with Crippen molar-refractivity contribution in [1.82, 2.24) is 9.55 Å². The van der Waals surface area contributed by atoms with E-state index in [2.05, 4.69) is 0 Å². The molecular weight excluding hydrogens is 336 g/mol. The number of carboxylic acids is 1. The third kappa shape index (κ3) is 3.37. The van der Waals surface area contributed by atoms with E-state index in [-0.39, 0.29) is 6.54 Å². The highest BCUT2D eigenvalue weighted by Crippen LogP contribution is 2.36. The molecule has 0 aliphatic heterocycles. The molecule has 0 radical (unpaired) electrons. The van der Waals surface area contributed by atoms with Gasteiger partial charge in [0.05, 0.1) is 11.4 Å². The first-order valence-corrected chi connectivity index (χ1v) is 8.72. The fourth-order valence-corrected chi connectivity index (χ4v) is 3.24. The molecule has 132 valence electrons. The zero-order valence-corrected chi connectivity index (χ0v) is 14.6. The Kier molecular flexibility index (Phi) is 4.54. The second kappa shape index (κ2) is 7.30. The summed E-state index contributed by atoms with van der Waals surface area (Å²) in [5.74, 6) is -0.253. The number of carbonyl (C=O) groups is 1. The van der Waals surface area contributed by atoms with Gasteiger partial charge in [-0.3, -0.25) is 4.79 Å². The van der Waals surface area contributed by atoms with E-state index in [9.17, 15) is 9.90 Å². The van der Waals surface area contributed by atoms with Crippen molar-refractivity contribution in [3.8, 4) is 33.9 Å². The van der Waals surface area contributed by atoms with Gasteiger partial charge in [0.1, 0.15) is 12.4 Å². The molecule has 0 fully saturated rings. The van der Waals surface area contributed by atoms with Crippen molar-refractivity contribution < 1.29 is 9.90 Å². The second-order valence-corrected chi connectivity index (χ2v) is 6.21. The average Bonchev–Trinajstić information content (AvgIpc) is 3.08. The molecule has 3 aromatic carbocycles. The monoisotopic (exact) mass is 354 g/mol. The molecule has 1 aromatic heterocycles. The van der Waals surface area contributed by atoms with Crippen LogP contribution >= 0.6 is 0 Å². The zero-order valence-electron chi connectivity index (χ0n) is 14.6. The number of hydrogen-bond donors (Lipinski definition) is 1. The summed E-state index contributed by atoms with van der Waals surface area (Å²) in [6, 6.07) is 29.4. The van der Waals surface area contributed by atoms with Gasteiger partial charge < -0.3 is 9.67 Å². The largest absolute Gasteiger partial charge is 0.480 e. The average molecular weight is 354 g/mol. The number of aliphatic carboxylic acids is 1. The molecule has 0 aliphatic rings. The summed E-state index contributed by atoms with van der Waals surface area (Å²) < 4.78 is 1.79. The van der Waals surface area contributed by atoms with E-state index in [4.69, 9.17) is 4.98 Å². The quantitative estimate of drug-likeness (QED) is 0.550. The van der Waals surface area contributed by atoms with Crippen molar-refractivity contribution in [3.63, 3.8) is 0 Å². The Morgan fingerprint density at radius 3 is 1.74 bits per heavy atom. The van der Waals surface area contributed by atoms with Gasteiger partial charge in [-0.05, 0) is 0 Å². The second-order valence-electron chi connectivity index (χ2n) is 6.21. The van der Waals surface area contributed by atoms with E-state index in [0.29, 0.717) is 5.82 Å². The summed E-state index contributed by atoms with van der Waals surface area (Å²) in [5.41, 5.74) is 4.37. The highest BCUT2D eigenvalue weighted by Gasteiger charge is 2.22. The minimum Gasteiger partial charge on any atom is -0.480 e. The number of hydrogen-bond acceptors (Lipinski definition) is 2. The lowest BCUT2D eigenvalue weighted by Crippen LogP contribution is -2.11. The van der Waals surface area contributed by atoms with Crippen LogP contribution in [0.25, 0.3) is 33.9 Å². The molecule has 4 nitrogen and oxygen atoms in total. The molecule has 4 rings (SSSR count). The van der Waals surface area contributed by atoms with Crippen molar-refractivity contribution in [1.29, 1.82) is 0 Å². The summed E-state index contributed by atoms with van der Waals surface area (Å²) in [4.78, 5) is 16.5. The first kappa shape index (κ1) is 16.8. The maximum absolute atomic E-state index is 11.6. The van der Waals surface area contributed by atoms with Gasteiger partial charge >= 0.3 is 5.97 Å². The fourth-order valence-electron chi connectivity index (χ4n) is 3.24. The number of benzene rings is 3. The van der Waals surface area contributed by atoms with Gasteiger partial charge in [0.15, 0.2) is 0 Å². The van der Waals surface area contributed by atoms with Crippen LogP contribution in [0.15, 0.2) is 91.0 Å². The summed E-state index contributed by atoms with van der Waals surface area (Å²) in [7, 11) is 0. The van der Waals surface area contributed by atoms with Gasteiger partial charge in [-0.2, -0.15) is 0 Å². The van der Waals surface area contributed by atoms with Crippen molar-refractivity contribution in [2.45, 2.75) is 6.54 Å². The third-order valence-corrected chi connectivity index (χ3v) is 4.39. The first-order valence-electron chi connectivity index (χ1n) is 8.72. The van der Waals surface area contributed by atoms with Crippen molar-refractivity contribution >= 4 is 5.97 Å².